The Morgan fingerprint density at radius 1 is 1.07 bits per heavy atom. The molecular weight excluding hydrogens is 514 g/mol. The van der Waals surface area contributed by atoms with Gasteiger partial charge in [0, 0.05) is 36.8 Å². The zero-order valence-corrected chi connectivity index (χ0v) is 24.5. The molecule has 3 N–H and O–H groups in total. The summed E-state index contributed by atoms with van der Waals surface area (Å²) in [6.45, 7) is 10.7. The molecule has 0 amide bonds. The van der Waals surface area contributed by atoms with Gasteiger partial charge in [-0.05, 0) is 82.0 Å². The number of aryl methyl sites for hydroxylation is 3. The van der Waals surface area contributed by atoms with Crippen molar-refractivity contribution in [3.05, 3.63) is 70.7 Å². The van der Waals surface area contributed by atoms with Crippen molar-refractivity contribution >= 4 is 40.6 Å². The van der Waals surface area contributed by atoms with Crippen LogP contribution in [0, 0.1) is 13.8 Å². The van der Waals surface area contributed by atoms with Crippen LogP contribution in [0.3, 0.4) is 0 Å². The van der Waals surface area contributed by atoms with E-state index in [4.69, 9.17) is 20.2 Å². The number of hydrogen-bond acceptors (Lipinski definition) is 9. The van der Waals surface area contributed by atoms with Gasteiger partial charge in [-0.3, -0.25) is 4.98 Å². The molecule has 1 aliphatic heterocycles. The number of anilines is 3. The number of nitrogens with one attached hydrogen (secondary N) is 1. The number of nitrogens with zero attached hydrogens (tertiary/aromatic N) is 5. The first kappa shape index (κ1) is 28.3. The van der Waals surface area contributed by atoms with Gasteiger partial charge in [0.25, 0.3) is 0 Å². The van der Waals surface area contributed by atoms with Crippen LogP contribution >= 0.6 is 0 Å². The smallest absolute Gasteiger partial charge is 0.222 e. The molecule has 0 bridgehead atoms. The van der Waals surface area contributed by atoms with Gasteiger partial charge in [0.1, 0.15) is 23.1 Å². The fourth-order valence-electron chi connectivity index (χ4n) is 5.48. The average molecular weight is 554 g/mol. The standard InChI is InChI=1S/C32H39N7O2/c1-20-9-6-10-24-17-25(31(37-29(20)24)39-18-21(2)41-22(3)19-39)11-7-16-35-30-26(23(4)36-32(33)38-30)13-14-27-28(40-5)12-8-15-34-27/h6,8-10,12-15,17,21-22H,7,11,16,18-19H2,1-5H3,(H3,33,35,36,38)/b14-13+/t21-,22+. The minimum atomic E-state index is 0.159. The van der Waals surface area contributed by atoms with Gasteiger partial charge in [0.2, 0.25) is 5.95 Å². The lowest BCUT2D eigenvalue weighted by Crippen LogP contribution is -2.46. The summed E-state index contributed by atoms with van der Waals surface area (Å²) in [5, 5.41) is 4.67. The first-order chi connectivity index (χ1) is 19.8. The summed E-state index contributed by atoms with van der Waals surface area (Å²) >= 11 is 0. The van der Waals surface area contributed by atoms with E-state index in [1.807, 2.05) is 31.2 Å². The van der Waals surface area contributed by atoms with E-state index in [0.29, 0.717) is 18.1 Å². The molecule has 1 saturated heterocycles. The Kier molecular flexibility index (Phi) is 8.64. The fourth-order valence-corrected chi connectivity index (χ4v) is 5.48. The molecule has 0 radical (unpaired) electrons. The summed E-state index contributed by atoms with van der Waals surface area (Å²) in [7, 11) is 1.64. The molecule has 0 unspecified atom stereocenters. The molecule has 0 saturated carbocycles. The minimum absolute atomic E-state index is 0.159. The second-order valence-electron chi connectivity index (χ2n) is 10.7. The van der Waals surface area contributed by atoms with Crippen molar-refractivity contribution in [3.8, 4) is 5.75 Å². The number of ether oxygens (including phenoxy) is 2. The highest BCUT2D eigenvalue weighted by atomic mass is 16.5. The Morgan fingerprint density at radius 3 is 2.66 bits per heavy atom. The number of methoxy groups -OCH3 is 1. The van der Waals surface area contributed by atoms with E-state index in [1.165, 1.54) is 16.5 Å². The van der Waals surface area contributed by atoms with Crippen molar-refractivity contribution in [1.29, 1.82) is 0 Å². The molecule has 0 spiro atoms. The second-order valence-corrected chi connectivity index (χ2v) is 10.7. The molecule has 5 rings (SSSR count). The summed E-state index contributed by atoms with van der Waals surface area (Å²) in [5.74, 6) is 2.70. The number of rotatable bonds is 9. The molecule has 1 fully saturated rings. The lowest BCUT2D eigenvalue weighted by Gasteiger charge is -2.37. The number of pyridine rings is 2. The normalized spacial score (nSPS) is 17.3. The van der Waals surface area contributed by atoms with Crippen LogP contribution in [-0.2, 0) is 11.2 Å². The average Bonchev–Trinajstić information content (AvgIpc) is 2.94. The van der Waals surface area contributed by atoms with E-state index >= 15 is 0 Å². The van der Waals surface area contributed by atoms with E-state index in [9.17, 15) is 0 Å². The quantitative estimate of drug-likeness (QED) is 0.261. The van der Waals surface area contributed by atoms with Crippen LogP contribution in [0.25, 0.3) is 23.1 Å². The van der Waals surface area contributed by atoms with Gasteiger partial charge in [-0.25, -0.2) is 9.97 Å². The van der Waals surface area contributed by atoms with E-state index in [2.05, 4.69) is 70.2 Å². The molecule has 4 heterocycles. The number of para-hydroxylation sites is 1. The number of benzene rings is 1. The number of hydrogen-bond donors (Lipinski definition) is 2. The lowest BCUT2D eigenvalue weighted by molar-refractivity contribution is -0.00549. The molecule has 0 aliphatic carbocycles. The Bertz CT molecular complexity index is 1550. The molecule has 9 nitrogen and oxygen atoms in total. The van der Waals surface area contributed by atoms with Crippen molar-refractivity contribution in [2.45, 2.75) is 52.7 Å². The second kappa shape index (κ2) is 12.5. The molecule has 2 atom stereocenters. The van der Waals surface area contributed by atoms with E-state index in [1.54, 1.807) is 13.3 Å². The van der Waals surface area contributed by atoms with Crippen LogP contribution < -0.4 is 20.7 Å². The summed E-state index contributed by atoms with van der Waals surface area (Å²) in [6.07, 6.45) is 7.68. The maximum absolute atomic E-state index is 6.02. The zero-order valence-electron chi connectivity index (χ0n) is 24.5. The zero-order chi connectivity index (χ0) is 28.9. The third kappa shape index (κ3) is 6.57. The SMILES string of the molecule is COc1cccnc1/C=C/c1c(C)nc(N)nc1NCCCc1cc2cccc(C)c2nc1N1C[C@@H](C)O[C@@H](C)C1. The van der Waals surface area contributed by atoms with Crippen LogP contribution in [-0.4, -0.2) is 58.9 Å². The Balaban J connectivity index is 1.35. The number of morpholine rings is 1. The minimum Gasteiger partial charge on any atom is -0.494 e. The van der Waals surface area contributed by atoms with Gasteiger partial charge in [0.15, 0.2) is 0 Å². The molecule has 41 heavy (non-hydrogen) atoms. The monoisotopic (exact) mass is 553 g/mol. The summed E-state index contributed by atoms with van der Waals surface area (Å²) < 4.78 is 11.4. The van der Waals surface area contributed by atoms with Gasteiger partial charge in [-0.1, -0.05) is 18.2 Å². The van der Waals surface area contributed by atoms with Crippen LogP contribution in [0.4, 0.5) is 17.6 Å². The third-order valence-electron chi connectivity index (χ3n) is 7.32. The summed E-state index contributed by atoms with van der Waals surface area (Å²) in [4.78, 5) is 20.9. The van der Waals surface area contributed by atoms with E-state index < -0.39 is 0 Å². The molecule has 1 aliphatic rings. The van der Waals surface area contributed by atoms with Crippen molar-refractivity contribution in [2.24, 2.45) is 0 Å². The summed E-state index contributed by atoms with van der Waals surface area (Å²) in [6, 6.07) is 12.4. The maximum atomic E-state index is 6.02. The molecule has 9 heteroatoms. The highest BCUT2D eigenvalue weighted by molar-refractivity contribution is 5.84. The summed E-state index contributed by atoms with van der Waals surface area (Å²) in [5.41, 5.74) is 11.9. The van der Waals surface area contributed by atoms with Gasteiger partial charge < -0.3 is 25.4 Å². The van der Waals surface area contributed by atoms with Gasteiger partial charge in [-0.15, -0.1) is 0 Å². The number of nitrogens with two attached hydrogens (primary N) is 1. The van der Waals surface area contributed by atoms with Crippen LogP contribution in [0.1, 0.15) is 48.3 Å². The Labute approximate surface area is 241 Å². The molecule has 3 aromatic heterocycles. The van der Waals surface area contributed by atoms with Crippen molar-refractivity contribution in [3.63, 3.8) is 0 Å². The van der Waals surface area contributed by atoms with Crippen LogP contribution in [0.2, 0.25) is 0 Å². The van der Waals surface area contributed by atoms with Crippen molar-refractivity contribution in [2.75, 3.05) is 42.7 Å². The fraction of sp³-hybridized carbons (Fsp3) is 0.375. The predicted molar refractivity (Wildman–Crippen MR) is 166 cm³/mol. The number of nitrogen functional groups attached to an aromatic ring is 1. The van der Waals surface area contributed by atoms with Gasteiger partial charge in [-0.2, -0.15) is 4.98 Å². The molecular formula is C32H39N7O2. The molecule has 4 aromatic rings. The topological polar surface area (TPSA) is 111 Å². The van der Waals surface area contributed by atoms with E-state index in [0.717, 1.165) is 54.2 Å². The first-order valence-electron chi connectivity index (χ1n) is 14.2. The van der Waals surface area contributed by atoms with Crippen LogP contribution in [0.15, 0.2) is 42.6 Å². The third-order valence-corrected chi connectivity index (χ3v) is 7.32. The van der Waals surface area contributed by atoms with Gasteiger partial charge >= 0.3 is 0 Å². The molecule has 214 valence electrons. The Morgan fingerprint density at radius 2 is 1.88 bits per heavy atom. The lowest BCUT2D eigenvalue weighted by atomic mass is 10.0. The van der Waals surface area contributed by atoms with Crippen molar-refractivity contribution in [1.82, 2.24) is 19.9 Å². The largest absolute Gasteiger partial charge is 0.494 e. The van der Waals surface area contributed by atoms with Crippen molar-refractivity contribution < 1.29 is 9.47 Å². The van der Waals surface area contributed by atoms with Crippen LogP contribution in [0.5, 0.6) is 5.75 Å². The van der Waals surface area contributed by atoms with E-state index in [-0.39, 0.29) is 18.2 Å². The number of aromatic nitrogens is 4. The Hall–Kier alpha value is -4.24. The predicted octanol–water partition coefficient (Wildman–Crippen LogP) is 5.46. The first-order valence-corrected chi connectivity index (χ1v) is 14.2. The maximum Gasteiger partial charge on any atom is 0.222 e. The number of fused-ring (bicyclic) bond motifs is 1. The highest BCUT2D eigenvalue weighted by Crippen LogP contribution is 2.29. The highest BCUT2D eigenvalue weighted by Gasteiger charge is 2.25. The van der Waals surface area contributed by atoms with Gasteiger partial charge in [0.05, 0.1) is 30.5 Å². The molecule has 1 aromatic carbocycles.